The van der Waals surface area contributed by atoms with Gasteiger partial charge in [0.1, 0.15) is 24.7 Å². The topological polar surface area (TPSA) is 86.3 Å². The van der Waals surface area contributed by atoms with Crippen LogP contribution in [0, 0.1) is 0 Å². The number of halogens is 3. The van der Waals surface area contributed by atoms with Crippen LogP contribution in [0.3, 0.4) is 0 Å². The number of nitrogens with two attached hydrogens (primary N) is 1. The zero-order chi connectivity index (χ0) is 15.9. The lowest BCUT2D eigenvalue weighted by atomic mass is 10.2. The number of alkyl halides is 3. The largest absolute Gasteiger partial charge is 0.497 e. The standard InChI is InChI=1S/C12H15F3N2O4/c1-19-9-4-8(11(16)17-18)5-10(6-9)21-3-2-20-7-12(13,14)15/h4-6,18H,2-3,7H2,1H3,(H2,16,17). The lowest BCUT2D eigenvalue weighted by Crippen LogP contribution is -2.19. The van der Waals surface area contributed by atoms with E-state index in [4.69, 9.17) is 20.4 Å². The highest BCUT2D eigenvalue weighted by Gasteiger charge is 2.27. The SMILES string of the molecule is COc1cc(OCCOCC(F)(F)F)cc(/C(N)=N/O)c1. The number of amidine groups is 1. The number of nitrogens with zero attached hydrogens (tertiary/aromatic N) is 1. The van der Waals surface area contributed by atoms with Crippen molar-refractivity contribution >= 4 is 5.84 Å². The Morgan fingerprint density at radius 1 is 1.24 bits per heavy atom. The summed E-state index contributed by atoms with van der Waals surface area (Å²) in [5, 5.41) is 11.5. The minimum atomic E-state index is -4.37. The molecular weight excluding hydrogens is 293 g/mol. The van der Waals surface area contributed by atoms with Crippen LogP contribution in [0.1, 0.15) is 5.56 Å². The number of rotatable bonds is 7. The second-order valence-electron chi connectivity index (χ2n) is 3.90. The fourth-order valence-corrected chi connectivity index (χ4v) is 1.38. The molecule has 0 radical (unpaired) electrons. The van der Waals surface area contributed by atoms with Crippen LogP contribution in [0.15, 0.2) is 23.4 Å². The molecule has 1 rings (SSSR count). The van der Waals surface area contributed by atoms with Crippen molar-refractivity contribution in [3.8, 4) is 11.5 Å². The molecule has 0 bridgehead atoms. The molecule has 0 saturated carbocycles. The van der Waals surface area contributed by atoms with Crippen molar-refractivity contribution in [1.29, 1.82) is 0 Å². The molecule has 21 heavy (non-hydrogen) atoms. The summed E-state index contributed by atoms with van der Waals surface area (Å²) in [5.74, 6) is 0.545. The van der Waals surface area contributed by atoms with Crippen molar-refractivity contribution in [3.63, 3.8) is 0 Å². The van der Waals surface area contributed by atoms with E-state index in [9.17, 15) is 13.2 Å². The van der Waals surface area contributed by atoms with Crippen molar-refractivity contribution < 1.29 is 32.6 Å². The molecule has 118 valence electrons. The van der Waals surface area contributed by atoms with Gasteiger partial charge in [-0.2, -0.15) is 13.2 Å². The molecule has 1 aromatic rings. The Bertz CT molecular complexity index is 492. The molecule has 3 N–H and O–H groups in total. The van der Waals surface area contributed by atoms with E-state index in [1.165, 1.54) is 25.3 Å². The molecular formula is C12H15F3N2O4. The summed E-state index contributed by atoms with van der Waals surface area (Å²) in [7, 11) is 1.42. The maximum atomic E-state index is 11.9. The highest BCUT2D eigenvalue weighted by atomic mass is 19.4. The average molecular weight is 308 g/mol. The number of ether oxygens (including phenoxy) is 3. The van der Waals surface area contributed by atoms with Crippen LogP contribution >= 0.6 is 0 Å². The highest BCUT2D eigenvalue weighted by molar-refractivity contribution is 5.97. The van der Waals surface area contributed by atoms with Gasteiger partial charge in [-0.1, -0.05) is 5.16 Å². The summed E-state index contributed by atoms with van der Waals surface area (Å²) in [4.78, 5) is 0. The van der Waals surface area contributed by atoms with Crippen molar-refractivity contribution in [1.82, 2.24) is 0 Å². The van der Waals surface area contributed by atoms with Crippen LogP contribution in [0.4, 0.5) is 13.2 Å². The normalized spacial score (nSPS) is 12.3. The van der Waals surface area contributed by atoms with Crippen molar-refractivity contribution in [2.24, 2.45) is 10.9 Å². The Balaban J connectivity index is 2.58. The Hall–Kier alpha value is -2.16. The Labute approximate surface area is 118 Å². The number of hydrogen-bond donors (Lipinski definition) is 2. The van der Waals surface area contributed by atoms with E-state index >= 15 is 0 Å². The number of methoxy groups -OCH3 is 1. The molecule has 0 aliphatic heterocycles. The first-order valence-corrected chi connectivity index (χ1v) is 5.80. The second kappa shape index (κ2) is 7.58. The fourth-order valence-electron chi connectivity index (χ4n) is 1.38. The third-order valence-corrected chi connectivity index (χ3v) is 2.28. The summed E-state index contributed by atoms with van der Waals surface area (Å²) >= 11 is 0. The molecule has 9 heteroatoms. The van der Waals surface area contributed by atoms with Crippen LogP contribution in [0.5, 0.6) is 11.5 Å². The molecule has 0 aliphatic carbocycles. The molecule has 0 spiro atoms. The summed E-state index contributed by atoms with van der Waals surface area (Å²) in [5.41, 5.74) is 5.80. The Morgan fingerprint density at radius 3 is 2.48 bits per heavy atom. The molecule has 0 atom stereocenters. The van der Waals surface area contributed by atoms with Gasteiger partial charge in [0.25, 0.3) is 0 Å². The Morgan fingerprint density at radius 2 is 1.90 bits per heavy atom. The minimum absolute atomic E-state index is 0.0845. The first kappa shape index (κ1) is 16.9. The van der Waals surface area contributed by atoms with Gasteiger partial charge in [0.15, 0.2) is 5.84 Å². The molecule has 0 fully saturated rings. The van der Waals surface area contributed by atoms with E-state index in [2.05, 4.69) is 9.89 Å². The molecule has 0 aliphatic rings. The molecule has 0 amide bonds. The van der Waals surface area contributed by atoms with Crippen LogP contribution in [0.25, 0.3) is 0 Å². The second-order valence-corrected chi connectivity index (χ2v) is 3.90. The summed E-state index contributed by atoms with van der Waals surface area (Å²) in [6.45, 7) is -1.64. The average Bonchev–Trinajstić information content (AvgIpc) is 2.44. The van der Waals surface area contributed by atoms with Gasteiger partial charge in [-0.05, 0) is 12.1 Å². The van der Waals surface area contributed by atoms with Gasteiger partial charge in [-0.3, -0.25) is 0 Å². The van der Waals surface area contributed by atoms with Gasteiger partial charge < -0.3 is 25.2 Å². The van der Waals surface area contributed by atoms with Gasteiger partial charge >= 0.3 is 6.18 Å². The maximum absolute atomic E-state index is 11.9. The smallest absolute Gasteiger partial charge is 0.411 e. The van der Waals surface area contributed by atoms with Gasteiger partial charge in [0.05, 0.1) is 13.7 Å². The van der Waals surface area contributed by atoms with Crippen LogP contribution in [-0.4, -0.2) is 44.1 Å². The molecule has 1 aromatic carbocycles. The van der Waals surface area contributed by atoms with Gasteiger partial charge in [0.2, 0.25) is 0 Å². The zero-order valence-electron chi connectivity index (χ0n) is 11.2. The van der Waals surface area contributed by atoms with Crippen LogP contribution in [0.2, 0.25) is 0 Å². The molecule has 0 aromatic heterocycles. The van der Waals surface area contributed by atoms with E-state index in [0.29, 0.717) is 17.1 Å². The van der Waals surface area contributed by atoms with Gasteiger partial charge in [0, 0.05) is 11.6 Å². The predicted molar refractivity (Wildman–Crippen MR) is 67.9 cm³/mol. The molecule has 0 heterocycles. The predicted octanol–water partition coefficient (Wildman–Crippen LogP) is 1.75. The first-order chi connectivity index (χ1) is 9.85. The van der Waals surface area contributed by atoms with Crippen LogP contribution in [-0.2, 0) is 4.74 Å². The molecule has 0 saturated heterocycles. The van der Waals surface area contributed by atoms with E-state index < -0.39 is 12.8 Å². The minimum Gasteiger partial charge on any atom is -0.497 e. The summed E-state index contributed by atoms with van der Waals surface area (Å²) in [6, 6.07) is 4.49. The lowest BCUT2D eigenvalue weighted by Gasteiger charge is -2.11. The zero-order valence-corrected chi connectivity index (χ0v) is 11.2. The molecule has 0 unspecified atom stereocenters. The molecule has 6 nitrogen and oxygen atoms in total. The lowest BCUT2D eigenvalue weighted by molar-refractivity contribution is -0.175. The van der Waals surface area contributed by atoms with E-state index in [1.807, 2.05) is 0 Å². The van der Waals surface area contributed by atoms with Crippen LogP contribution < -0.4 is 15.2 Å². The monoisotopic (exact) mass is 308 g/mol. The highest BCUT2D eigenvalue weighted by Crippen LogP contribution is 2.22. The maximum Gasteiger partial charge on any atom is 0.411 e. The fraction of sp³-hybridized carbons (Fsp3) is 0.417. The summed E-state index contributed by atoms with van der Waals surface area (Å²) in [6.07, 6.45) is -4.37. The summed E-state index contributed by atoms with van der Waals surface area (Å²) < 4.78 is 50.2. The number of benzene rings is 1. The number of oxime groups is 1. The van der Waals surface area contributed by atoms with Gasteiger partial charge in [-0.15, -0.1) is 0 Å². The van der Waals surface area contributed by atoms with E-state index in [1.54, 1.807) is 0 Å². The Kier molecular flexibility index (Phi) is 6.10. The number of hydrogen-bond acceptors (Lipinski definition) is 5. The first-order valence-electron chi connectivity index (χ1n) is 5.80. The quantitative estimate of drug-likeness (QED) is 0.263. The van der Waals surface area contributed by atoms with Crippen molar-refractivity contribution in [3.05, 3.63) is 23.8 Å². The third-order valence-electron chi connectivity index (χ3n) is 2.28. The van der Waals surface area contributed by atoms with E-state index in [0.717, 1.165) is 0 Å². The van der Waals surface area contributed by atoms with Crippen molar-refractivity contribution in [2.45, 2.75) is 6.18 Å². The van der Waals surface area contributed by atoms with Crippen molar-refractivity contribution in [2.75, 3.05) is 26.9 Å². The third kappa shape index (κ3) is 6.21. The van der Waals surface area contributed by atoms with E-state index in [-0.39, 0.29) is 19.0 Å². The van der Waals surface area contributed by atoms with Gasteiger partial charge in [-0.25, -0.2) is 0 Å².